The zero-order valence-electron chi connectivity index (χ0n) is 15.4. The van der Waals surface area contributed by atoms with Gasteiger partial charge in [-0.25, -0.2) is 0 Å². The first kappa shape index (κ1) is 16.7. The van der Waals surface area contributed by atoms with E-state index in [-0.39, 0.29) is 12.3 Å². The highest BCUT2D eigenvalue weighted by Crippen LogP contribution is 2.44. The molecule has 0 spiro atoms. The normalized spacial score (nSPS) is 27.6. The van der Waals surface area contributed by atoms with E-state index in [0.29, 0.717) is 12.0 Å². The van der Waals surface area contributed by atoms with Gasteiger partial charge in [-0.1, -0.05) is 67.8 Å². The van der Waals surface area contributed by atoms with Crippen molar-refractivity contribution in [1.29, 1.82) is 0 Å². The van der Waals surface area contributed by atoms with E-state index in [1.165, 1.54) is 48.9 Å². The van der Waals surface area contributed by atoms with Crippen molar-refractivity contribution < 1.29 is 4.74 Å². The minimum absolute atomic E-state index is 0.146. The third-order valence-corrected chi connectivity index (χ3v) is 6.01. The molecule has 0 radical (unpaired) electrons. The first-order valence-electron chi connectivity index (χ1n) is 9.80. The number of para-hydroxylation sites is 1. The number of aryl methyl sites for hydroxylation is 1. The molecule has 2 fully saturated rings. The molecule has 3 atom stereocenters. The Kier molecular flexibility index (Phi) is 4.80. The lowest BCUT2D eigenvalue weighted by Crippen LogP contribution is -2.41. The Bertz CT molecular complexity index is 692. The van der Waals surface area contributed by atoms with Gasteiger partial charge in [-0.2, -0.15) is 0 Å². The molecule has 1 aliphatic heterocycles. The van der Waals surface area contributed by atoms with Crippen LogP contribution in [0.2, 0.25) is 0 Å². The van der Waals surface area contributed by atoms with Gasteiger partial charge in [-0.05, 0) is 43.9 Å². The second-order valence-electron chi connectivity index (χ2n) is 7.69. The summed E-state index contributed by atoms with van der Waals surface area (Å²) in [6, 6.07) is 19.9. The van der Waals surface area contributed by atoms with Gasteiger partial charge >= 0.3 is 0 Å². The number of rotatable bonds is 3. The summed E-state index contributed by atoms with van der Waals surface area (Å²) in [6.45, 7) is 4.54. The average Bonchev–Trinajstić information content (AvgIpc) is 3.01. The van der Waals surface area contributed by atoms with E-state index < -0.39 is 0 Å². The van der Waals surface area contributed by atoms with E-state index >= 15 is 0 Å². The van der Waals surface area contributed by atoms with Crippen LogP contribution in [-0.2, 0) is 4.74 Å². The second-order valence-corrected chi connectivity index (χ2v) is 7.69. The lowest BCUT2D eigenvalue weighted by atomic mass is 9.87. The molecule has 2 aromatic carbocycles. The van der Waals surface area contributed by atoms with Gasteiger partial charge in [-0.3, -0.25) is 0 Å². The molecule has 0 bridgehead atoms. The molecule has 1 saturated carbocycles. The van der Waals surface area contributed by atoms with Crippen molar-refractivity contribution in [3.8, 4) is 0 Å². The summed E-state index contributed by atoms with van der Waals surface area (Å²) in [6.07, 6.45) is 7.00. The number of anilines is 1. The maximum Gasteiger partial charge on any atom is 0.134 e. The van der Waals surface area contributed by atoms with E-state index in [4.69, 9.17) is 4.74 Å². The van der Waals surface area contributed by atoms with Crippen LogP contribution in [0.3, 0.4) is 0 Å². The van der Waals surface area contributed by atoms with Crippen molar-refractivity contribution in [2.75, 3.05) is 4.90 Å². The largest absolute Gasteiger partial charge is 0.348 e. The standard InChI is InChI=1S/C23H29NO/c1-17-11-9-10-16-21(17)24-18(2)22(19-12-5-3-6-13-19)25-23(24)20-14-7-4-8-15-20/h3,5-6,9-13,16,18,20,22-23H,4,7-8,14-15H2,1-2H3/t18-,22?,23?/m0/s1. The van der Waals surface area contributed by atoms with E-state index in [2.05, 4.69) is 73.3 Å². The van der Waals surface area contributed by atoms with Crippen molar-refractivity contribution in [3.63, 3.8) is 0 Å². The predicted molar refractivity (Wildman–Crippen MR) is 104 cm³/mol. The van der Waals surface area contributed by atoms with Crippen LogP contribution >= 0.6 is 0 Å². The van der Waals surface area contributed by atoms with E-state index in [1.54, 1.807) is 0 Å². The Morgan fingerprint density at radius 2 is 1.56 bits per heavy atom. The molecule has 0 amide bonds. The first-order valence-corrected chi connectivity index (χ1v) is 9.80. The number of ether oxygens (including phenoxy) is 1. The Morgan fingerprint density at radius 1 is 0.880 bits per heavy atom. The Labute approximate surface area is 151 Å². The van der Waals surface area contributed by atoms with Gasteiger partial charge in [0.25, 0.3) is 0 Å². The van der Waals surface area contributed by atoms with E-state index in [9.17, 15) is 0 Å². The summed E-state index contributed by atoms with van der Waals surface area (Å²) < 4.78 is 6.75. The molecule has 1 heterocycles. The zero-order valence-corrected chi connectivity index (χ0v) is 15.4. The van der Waals surface area contributed by atoms with Crippen molar-refractivity contribution in [3.05, 3.63) is 65.7 Å². The number of nitrogens with zero attached hydrogens (tertiary/aromatic N) is 1. The number of benzene rings is 2. The first-order chi connectivity index (χ1) is 12.3. The minimum atomic E-state index is 0.146. The molecular formula is C23H29NO. The second kappa shape index (κ2) is 7.21. The quantitative estimate of drug-likeness (QED) is 0.696. The fraction of sp³-hybridized carbons (Fsp3) is 0.478. The van der Waals surface area contributed by atoms with Crippen LogP contribution < -0.4 is 4.90 Å². The van der Waals surface area contributed by atoms with Gasteiger partial charge in [0.2, 0.25) is 0 Å². The van der Waals surface area contributed by atoms with Crippen molar-refractivity contribution in [2.45, 2.75) is 64.3 Å². The molecule has 25 heavy (non-hydrogen) atoms. The Balaban J connectivity index is 1.70. The summed E-state index contributed by atoms with van der Waals surface area (Å²) in [5.74, 6) is 0.643. The van der Waals surface area contributed by atoms with Crippen molar-refractivity contribution in [2.24, 2.45) is 5.92 Å². The minimum Gasteiger partial charge on any atom is -0.348 e. The maximum absolute atomic E-state index is 6.75. The van der Waals surface area contributed by atoms with Crippen LogP contribution in [0.5, 0.6) is 0 Å². The van der Waals surface area contributed by atoms with E-state index in [0.717, 1.165) is 0 Å². The van der Waals surface area contributed by atoms with Crippen LogP contribution in [0.1, 0.15) is 56.3 Å². The molecule has 2 aromatic rings. The molecule has 2 unspecified atom stereocenters. The molecule has 1 saturated heterocycles. The number of hydrogen-bond donors (Lipinski definition) is 0. The fourth-order valence-corrected chi connectivity index (χ4v) is 4.67. The fourth-order valence-electron chi connectivity index (χ4n) is 4.67. The van der Waals surface area contributed by atoms with Crippen LogP contribution in [0.4, 0.5) is 5.69 Å². The summed E-state index contributed by atoms with van der Waals surface area (Å²) in [5, 5.41) is 0. The maximum atomic E-state index is 6.75. The molecule has 2 nitrogen and oxygen atoms in total. The summed E-state index contributed by atoms with van der Waals surface area (Å²) in [5.41, 5.74) is 3.98. The molecule has 0 aromatic heterocycles. The zero-order chi connectivity index (χ0) is 17.2. The van der Waals surface area contributed by atoms with E-state index in [1.807, 2.05) is 0 Å². The summed E-state index contributed by atoms with van der Waals surface area (Å²) in [7, 11) is 0. The van der Waals surface area contributed by atoms with Gasteiger partial charge in [0.1, 0.15) is 12.3 Å². The van der Waals surface area contributed by atoms with Crippen molar-refractivity contribution >= 4 is 5.69 Å². The van der Waals surface area contributed by atoms with Crippen LogP contribution in [0.25, 0.3) is 0 Å². The highest BCUT2D eigenvalue weighted by molar-refractivity contribution is 5.55. The monoisotopic (exact) mass is 335 g/mol. The van der Waals surface area contributed by atoms with Gasteiger partial charge < -0.3 is 9.64 Å². The average molecular weight is 335 g/mol. The Hall–Kier alpha value is -1.80. The molecule has 4 rings (SSSR count). The molecule has 2 heteroatoms. The van der Waals surface area contributed by atoms with Gasteiger partial charge in [0, 0.05) is 11.6 Å². The third-order valence-electron chi connectivity index (χ3n) is 6.01. The number of hydrogen-bond acceptors (Lipinski definition) is 2. The summed E-state index contributed by atoms with van der Waals surface area (Å²) >= 11 is 0. The summed E-state index contributed by atoms with van der Waals surface area (Å²) in [4.78, 5) is 2.57. The SMILES string of the molecule is Cc1ccccc1N1C(C2CCCCC2)OC(c2ccccc2)[C@@H]1C. The molecule has 132 valence electrons. The lowest BCUT2D eigenvalue weighted by molar-refractivity contribution is -0.00136. The van der Waals surface area contributed by atoms with Gasteiger partial charge in [-0.15, -0.1) is 0 Å². The molecule has 0 N–H and O–H groups in total. The molecular weight excluding hydrogens is 306 g/mol. The Morgan fingerprint density at radius 3 is 2.28 bits per heavy atom. The predicted octanol–water partition coefficient (Wildman–Crippen LogP) is 5.87. The van der Waals surface area contributed by atoms with Crippen LogP contribution in [-0.4, -0.2) is 12.3 Å². The lowest BCUT2D eigenvalue weighted by Gasteiger charge is -2.36. The topological polar surface area (TPSA) is 12.5 Å². The van der Waals surface area contributed by atoms with Crippen molar-refractivity contribution in [1.82, 2.24) is 0 Å². The molecule has 2 aliphatic rings. The van der Waals surface area contributed by atoms with Gasteiger partial charge in [0.15, 0.2) is 0 Å². The van der Waals surface area contributed by atoms with Crippen LogP contribution in [0, 0.1) is 12.8 Å². The van der Waals surface area contributed by atoms with Crippen LogP contribution in [0.15, 0.2) is 54.6 Å². The highest BCUT2D eigenvalue weighted by atomic mass is 16.5. The third kappa shape index (κ3) is 3.20. The highest BCUT2D eigenvalue weighted by Gasteiger charge is 2.44. The smallest absolute Gasteiger partial charge is 0.134 e. The van der Waals surface area contributed by atoms with Gasteiger partial charge in [0.05, 0.1) is 6.04 Å². The molecule has 1 aliphatic carbocycles.